The van der Waals surface area contributed by atoms with E-state index in [1.54, 1.807) is 18.6 Å². The molecule has 0 radical (unpaired) electrons. The van der Waals surface area contributed by atoms with Crippen molar-refractivity contribution in [3.8, 4) is 17.0 Å². The summed E-state index contributed by atoms with van der Waals surface area (Å²) in [5.74, 6) is 2.17. The van der Waals surface area contributed by atoms with Crippen LogP contribution in [0.5, 0.6) is 5.75 Å². The Morgan fingerprint density at radius 1 is 1.13 bits per heavy atom. The molecule has 1 atom stereocenters. The number of pyridine rings is 1. The van der Waals surface area contributed by atoms with E-state index in [1.807, 2.05) is 41.5 Å². The molecule has 0 aliphatic carbocycles. The van der Waals surface area contributed by atoms with Crippen LogP contribution in [0.3, 0.4) is 0 Å². The van der Waals surface area contributed by atoms with Crippen LogP contribution in [0, 0.1) is 6.92 Å². The van der Waals surface area contributed by atoms with Crippen LogP contribution < -0.4 is 10.1 Å². The molecule has 4 aromatic heterocycles. The molecule has 0 amide bonds. The summed E-state index contributed by atoms with van der Waals surface area (Å²) in [7, 11) is 4.06. The van der Waals surface area contributed by atoms with Crippen molar-refractivity contribution in [3.05, 3.63) is 48.7 Å². The summed E-state index contributed by atoms with van der Waals surface area (Å²) in [6.45, 7) is 3.72. The van der Waals surface area contributed by atoms with E-state index >= 15 is 0 Å². The third-order valence-electron chi connectivity index (χ3n) is 5.55. The molecule has 1 saturated heterocycles. The van der Waals surface area contributed by atoms with Gasteiger partial charge in [0.05, 0.1) is 29.8 Å². The van der Waals surface area contributed by atoms with Gasteiger partial charge in [0.1, 0.15) is 18.1 Å². The van der Waals surface area contributed by atoms with Crippen LogP contribution >= 0.6 is 0 Å². The Balaban J connectivity index is 1.40. The van der Waals surface area contributed by atoms with Crippen molar-refractivity contribution in [2.24, 2.45) is 7.05 Å². The zero-order valence-corrected chi connectivity index (χ0v) is 17.3. The molecule has 5 heterocycles. The molecule has 4 aromatic rings. The molecule has 0 spiro atoms. The average Bonchev–Trinajstić information content (AvgIpc) is 3.30. The van der Waals surface area contributed by atoms with Crippen molar-refractivity contribution in [1.29, 1.82) is 0 Å². The average molecular weight is 404 g/mol. The summed E-state index contributed by atoms with van der Waals surface area (Å²) < 4.78 is 9.79. The van der Waals surface area contributed by atoms with Crippen molar-refractivity contribution in [2.45, 2.75) is 19.4 Å². The number of likely N-dealkylation sites (N-methyl/N-ethyl adjacent to an activating group) is 1. The van der Waals surface area contributed by atoms with Crippen molar-refractivity contribution < 1.29 is 4.74 Å². The summed E-state index contributed by atoms with van der Waals surface area (Å²) in [4.78, 5) is 10.9. The van der Waals surface area contributed by atoms with Crippen LogP contribution in [0.25, 0.3) is 16.8 Å². The minimum Gasteiger partial charge on any atom is -0.488 e. The highest BCUT2D eigenvalue weighted by molar-refractivity contribution is 5.72. The van der Waals surface area contributed by atoms with Gasteiger partial charge in [-0.2, -0.15) is 10.2 Å². The van der Waals surface area contributed by atoms with Crippen molar-refractivity contribution in [1.82, 2.24) is 34.3 Å². The van der Waals surface area contributed by atoms with Crippen LogP contribution in [0.4, 0.5) is 11.6 Å². The second kappa shape index (κ2) is 7.42. The van der Waals surface area contributed by atoms with E-state index in [-0.39, 0.29) is 0 Å². The third kappa shape index (κ3) is 3.48. The molecule has 1 aliphatic rings. The smallest absolute Gasteiger partial charge is 0.165 e. The standard InChI is InChI=1S/C21H24N8O/c1-14-10-23-20(12-22-14)25-19-9-17-8-15(4-7-29(17)26-19)21-18(11-24-28(21)3)30-13-16-5-6-27(16)2/h4,7-12,16H,5-6,13H2,1-3H3,(H,23,25,26)/t16-/m1/s1. The highest BCUT2D eigenvalue weighted by Gasteiger charge is 2.25. The zero-order valence-electron chi connectivity index (χ0n) is 17.3. The first-order chi connectivity index (χ1) is 14.6. The topological polar surface area (TPSA) is 85.4 Å². The lowest BCUT2D eigenvalue weighted by molar-refractivity contribution is 0.0771. The molecular weight excluding hydrogens is 380 g/mol. The lowest BCUT2D eigenvalue weighted by Crippen LogP contribution is -2.48. The van der Waals surface area contributed by atoms with E-state index in [0.717, 1.165) is 34.8 Å². The van der Waals surface area contributed by atoms with Gasteiger partial charge in [0.25, 0.3) is 0 Å². The second-order valence-corrected chi connectivity index (χ2v) is 7.70. The van der Waals surface area contributed by atoms with Gasteiger partial charge in [0.15, 0.2) is 11.6 Å². The normalized spacial score (nSPS) is 16.6. The number of ether oxygens (including phenoxy) is 1. The van der Waals surface area contributed by atoms with Gasteiger partial charge in [-0.25, -0.2) is 9.50 Å². The number of hydrogen-bond acceptors (Lipinski definition) is 7. The highest BCUT2D eigenvalue weighted by Crippen LogP contribution is 2.31. The summed E-state index contributed by atoms with van der Waals surface area (Å²) >= 11 is 0. The Bertz CT molecular complexity index is 1180. The number of hydrogen-bond donors (Lipinski definition) is 1. The lowest BCUT2D eigenvalue weighted by atomic mass is 10.1. The van der Waals surface area contributed by atoms with Crippen molar-refractivity contribution in [2.75, 3.05) is 25.5 Å². The molecule has 5 rings (SSSR count). The largest absolute Gasteiger partial charge is 0.488 e. The first-order valence-electron chi connectivity index (χ1n) is 9.97. The number of likely N-dealkylation sites (tertiary alicyclic amines) is 1. The Hall–Kier alpha value is -3.46. The molecule has 1 aliphatic heterocycles. The van der Waals surface area contributed by atoms with Crippen LogP contribution in [0.15, 0.2) is 43.0 Å². The van der Waals surface area contributed by atoms with Gasteiger partial charge in [0.2, 0.25) is 0 Å². The van der Waals surface area contributed by atoms with E-state index in [2.05, 4.69) is 43.5 Å². The summed E-state index contributed by atoms with van der Waals surface area (Å²) in [6, 6.07) is 6.56. The van der Waals surface area contributed by atoms with Gasteiger partial charge in [-0.15, -0.1) is 0 Å². The van der Waals surface area contributed by atoms with E-state index in [1.165, 1.54) is 6.42 Å². The summed E-state index contributed by atoms with van der Waals surface area (Å²) in [5, 5.41) is 12.2. The molecule has 0 unspecified atom stereocenters. The number of fused-ring (bicyclic) bond motifs is 1. The van der Waals surface area contributed by atoms with Crippen LogP contribution in [0.1, 0.15) is 12.1 Å². The second-order valence-electron chi connectivity index (χ2n) is 7.70. The Labute approximate surface area is 174 Å². The maximum absolute atomic E-state index is 6.12. The van der Waals surface area contributed by atoms with E-state index < -0.39 is 0 Å². The van der Waals surface area contributed by atoms with Gasteiger partial charge in [-0.1, -0.05) is 0 Å². The molecule has 154 valence electrons. The Kier molecular flexibility index (Phi) is 4.59. The molecule has 9 nitrogen and oxygen atoms in total. The monoisotopic (exact) mass is 404 g/mol. The molecule has 0 aromatic carbocycles. The van der Waals surface area contributed by atoms with Crippen LogP contribution in [-0.4, -0.2) is 60.5 Å². The Morgan fingerprint density at radius 3 is 2.77 bits per heavy atom. The Morgan fingerprint density at radius 2 is 2.03 bits per heavy atom. The lowest BCUT2D eigenvalue weighted by Gasteiger charge is -2.37. The van der Waals surface area contributed by atoms with Crippen molar-refractivity contribution >= 4 is 17.2 Å². The zero-order chi connectivity index (χ0) is 20.7. The molecule has 1 N–H and O–H groups in total. The van der Waals surface area contributed by atoms with Gasteiger partial charge >= 0.3 is 0 Å². The maximum atomic E-state index is 6.12. The van der Waals surface area contributed by atoms with Gasteiger partial charge < -0.3 is 10.1 Å². The number of aryl methyl sites for hydroxylation is 2. The number of rotatable bonds is 6. The fourth-order valence-corrected chi connectivity index (χ4v) is 3.61. The first-order valence-corrected chi connectivity index (χ1v) is 9.97. The maximum Gasteiger partial charge on any atom is 0.165 e. The highest BCUT2D eigenvalue weighted by atomic mass is 16.5. The van der Waals surface area contributed by atoms with Crippen LogP contribution in [-0.2, 0) is 7.05 Å². The summed E-state index contributed by atoms with van der Waals surface area (Å²) in [6.07, 6.45) is 8.32. The van der Waals surface area contributed by atoms with Gasteiger partial charge in [0, 0.05) is 30.9 Å². The van der Waals surface area contributed by atoms with E-state index in [9.17, 15) is 0 Å². The fraction of sp³-hybridized carbons (Fsp3) is 0.333. The quantitative estimate of drug-likeness (QED) is 0.529. The third-order valence-corrected chi connectivity index (χ3v) is 5.55. The predicted octanol–water partition coefficient (Wildman–Crippen LogP) is 2.66. The molecule has 0 bridgehead atoms. The van der Waals surface area contributed by atoms with Gasteiger partial charge in [-0.05, 0) is 39.1 Å². The first kappa shape index (κ1) is 18.6. The van der Waals surface area contributed by atoms with Gasteiger partial charge in [-0.3, -0.25) is 14.6 Å². The molecular formula is C21H24N8O. The molecule has 1 fully saturated rings. The number of aromatic nitrogens is 6. The summed E-state index contributed by atoms with van der Waals surface area (Å²) in [5.41, 5.74) is 3.82. The minimum atomic E-state index is 0.480. The number of anilines is 2. The predicted molar refractivity (Wildman–Crippen MR) is 114 cm³/mol. The molecule has 30 heavy (non-hydrogen) atoms. The fourth-order valence-electron chi connectivity index (χ4n) is 3.61. The van der Waals surface area contributed by atoms with Crippen molar-refractivity contribution in [3.63, 3.8) is 0 Å². The van der Waals surface area contributed by atoms with E-state index in [0.29, 0.717) is 24.3 Å². The van der Waals surface area contributed by atoms with E-state index in [4.69, 9.17) is 4.74 Å². The van der Waals surface area contributed by atoms with Crippen LogP contribution in [0.2, 0.25) is 0 Å². The number of nitrogens with one attached hydrogen (secondary N) is 1. The molecule has 9 heteroatoms. The molecule has 0 saturated carbocycles. The minimum absolute atomic E-state index is 0.480. The SMILES string of the molecule is Cc1cnc(Nc2cc3cc(-c4c(OC[C@H]5CCN5C)cnn4C)ccn3n2)cn1. The number of nitrogens with zero attached hydrogens (tertiary/aromatic N) is 7.